The molecule has 1 unspecified atom stereocenters. The van der Waals surface area contributed by atoms with Gasteiger partial charge in [-0.2, -0.15) is 13.5 Å². The lowest BCUT2D eigenvalue weighted by molar-refractivity contribution is -0.115. The Balaban J connectivity index is 2.16. The lowest BCUT2D eigenvalue weighted by Gasteiger charge is -2.21. The van der Waals surface area contributed by atoms with Crippen LogP contribution in [0.2, 0.25) is 0 Å². The molecule has 0 fully saturated rings. The molecule has 3 rings (SSSR count). The molecule has 23 heavy (non-hydrogen) atoms. The van der Waals surface area contributed by atoms with Crippen LogP contribution in [0.1, 0.15) is 17.9 Å². The van der Waals surface area contributed by atoms with Crippen molar-refractivity contribution in [3.63, 3.8) is 0 Å². The summed E-state index contributed by atoms with van der Waals surface area (Å²) in [5, 5.41) is 6.23. The molecule has 0 saturated heterocycles. The summed E-state index contributed by atoms with van der Waals surface area (Å²) in [5.74, 6) is -1.34. The van der Waals surface area contributed by atoms with E-state index >= 15 is 0 Å². The van der Waals surface area contributed by atoms with Gasteiger partial charge in [-0.15, -0.1) is 5.10 Å². The molecule has 1 aliphatic heterocycles. The molecule has 2 aromatic rings. The molecule has 0 spiro atoms. The van der Waals surface area contributed by atoms with Crippen LogP contribution >= 0.6 is 15.9 Å². The molecule has 1 aromatic heterocycles. The van der Waals surface area contributed by atoms with Gasteiger partial charge >= 0.3 is 12.2 Å². The number of hydrogen-bond donors (Lipinski definition) is 1. The normalized spacial score (nSPS) is 17.3. The van der Waals surface area contributed by atoms with Gasteiger partial charge in [-0.1, -0.05) is 15.9 Å². The van der Waals surface area contributed by atoms with Crippen molar-refractivity contribution in [2.75, 3.05) is 5.32 Å². The van der Waals surface area contributed by atoms with Gasteiger partial charge in [0.15, 0.2) is 0 Å². The van der Waals surface area contributed by atoms with Crippen molar-refractivity contribution in [1.29, 1.82) is 0 Å². The Hall–Kier alpha value is -2.10. The van der Waals surface area contributed by atoms with Gasteiger partial charge in [0.25, 0.3) is 0 Å². The first-order valence-corrected chi connectivity index (χ1v) is 7.45. The van der Waals surface area contributed by atoms with E-state index in [0.717, 1.165) is 6.07 Å². The Bertz CT molecular complexity index is 862. The molecular formula is C13H10BrF3N4O2. The number of benzene rings is 1. The number of fused-ring (bicyclic) bond motifs is 1. The summed E-state index contributed by atoms with van der Waals surface area (Å²) in [6, 6.07) is 2.37. The number of rotatable bonds is 2. The molecule has 0 radical (unpaired) electrons. The van der Waals surface area contributed by atoms with E-state index in [0.29, 0.717) is 15.9 Å². The van der Waals surface area contributed by atoms with E-state index in [9.17, 15) is 22.8 Å². The molecule has 122 valence electrons. The van der Waals surface area contributed by atoms with Gasteiger partial charge < -0.3 is 5.32 Å². The summed E-state index contributed by atoms with van der Waals surface area (Å²) >= 11 is 3.16. The predicted molar refractivity (Wildman–Crippen MR) is 78.8 cm³/mol. The van der Waals surface area contributed by atoms with Gasteiger partial charge in [-0.25, -0.2) is 13.8 Å². The molecule has 6 nitrogen and oxygen atoms in total. The minimum Gasteiger partial charge on any atom is -0.325 e. The maximum absolute atomic E-state index is 14.3. The standard InChI is InChI=1S/C13H10BrF3N4O2/c1-5-19-21(13(23)20(5)12(16)17)10-4-9-6(3-8(10)15)2-7(14)11(22)18-9/h3-4,7,12H,2H2,1H3,(H,18,22). The second kappa shape index (κ2) is 5.52. The topological polar surface area (TPSA) is 68.9 Å². The Morgan fingerprint density at radius 1 is 1.39 bits per heavy atom. The van der Waals surface area contributed by atoms with Crippen LogP contribution in [0.5, 0.6) is 0 Å². The van der Waals surface area contributed by atoms with Crippen LogP contribution in [0.4, 0.5) is 18.9 Å². The summed E-state index contributed by atoms with van der Waals surface area (Å²) in [5.41, 5.74) is -0.606. The number of carbonyl (C=O) groups is 1. The first-order valence-electron chi connectivity index (χ1n) is 6.53. The van der Waals surface area contributed by atoms with Crippen LogP contribution in [0.3, 0.4) is 0 Å². The zero-order valence-corrected chi connectivity index (χ0v) is 13.3. The Morgan fingerprint density at radius 2 is 2.09 bits per heavy atom. The van der Waals surface area contributed by atoms with Crippen molar-refractivity contribution in [3.05, 3.63) is 39.8 Å². The van der Waals surface area contributed by atoms with Crippen molar-refractivity contribution >= 4 is 27.5 Å². The second-order valence-corrected chi connectivity index (χ2v) is 6.12. The molecule has 0 aliphatic carbocycles. The fraction of sp³-hybridized carbons (Fsp3) is 0.308. The monoisotopic (exact) mass is 390 g/mol. The third-order valence-corrected chi connectivity index (χ3v) is 4.26. The molecule has 1 aromatic carbocycles. The molecular weight excluding hydrogens is 381 g/mol. The van der Waals surface area contributed by atoms with E-state index in [4.69, 9.17) is 0 Å². The van der Waals surface area contributed by atoms with Crippen LogP contribution < -0.4 is 11.0 Å². The van der Waals surface area contributed by atoms with Gasteiger partial charge in [0.05, 0.1) is 4.83 Å². The fourth-order valence-corrected chi connectivity index (χ4v) is 2.87. The summed E-state index contributed by atoms with van der Waals surface area (Å²) in [6.45, 7) is -1.86. The number of aromatic nitrogens is 3. The van der Waals surface area contributed by atoms with E-state index < -0.39 is 22.9 Å². The molecule has 0 saturated carbocycles. The molecule has 1 aliphatic rings. The molecule has 1 atom stereocenters. The molecule has 1 N–H and O–H groups in total. The van der Waals surface area contributed by atoms with Crippen molar-refractivity contribution in [2.24, 2.45) is 0 Å². The number of nitrogens with zero attached hydrogens (tertiary/aromatic N) is 3. The van der Waals surface area contributed by atoms with Gasteiger partial charge in [0.2, 0.25) is 5.91 Å². The summed E-state index contributed by atoms with van der Waals surface area (Å²) < 4.78 is 40.7. The van der Waals surface area contributed by atoms with Crippen molar-refractivity contribution in [2.45, 2.75) is 24.7 Å². The largest absolute Gasteiger partial charge is 0.355 e. The number of alkyl halides is 3. The number of hydrogen-bond acceptors (Lipinski definition) is 3. The highest BCUT2D eigenvalue weighted by molar-refractivity contribution is 9.10. The van der Waals surface area contributed by atoms with Gasteiger partial charge in [-0.3, -0.25) is 4.79 Å². The smallest absolute Gasteiger partial charge is 0.325 e. The Morgan fingerprint density at radius 3 is 2.70 bits per heavy atom. The number of anilines is 1. The second-order valence-electron chi connectivity index (χ2n) is 5.01. The minimum atomic E-state index is -3.08. The van der Waals surface area contributed by atoms with Gasteiger partial charge in [-0.05, 0) is 31.0 Å². The number of carbonyl (C=O) groups excluding carboxylic acids is 1. The maximum atomic E-state index is 14.3. The highest BCUT2D eigenvalue weighted by Crippen LogP contribution is 2.29. The summed E-state index contributed by atoms with van der Waals surface area (Å²) in [4.78, 5) is 23.2. The quantitative estimate of drug-likeness (QED) is 0.798. The van der Waals surface area contributed by atoms with Gasteiger partial charge in [0, 0.05) is 5.69 Å². The lowest BCUT2D eigenvalue weighted by atomic mass is 10.0. The molecule has 2 heterocycles. The predicted octanol–water partition coefficient (Wildman–Crippen LogP) is 2.13. The Labute approximate surface area is 136 Å². The summed E-state index contributed by atoms with van der Waals surface area (Å²) in [6.07, 6.45) is 0.276. The summed E-state index contributed by atoms with van der Waals surface area (Å²) in [7, 11) is 0. The SMILES string of the molecule is Cc1nn(-c2cc3c(cc2F)CC(Br)C(=O)N3)c(=O)n1C(F)F. The fourth-order valence-electron chi connectivity index (χ4n) is 2.41. The van der Waals surface area contributed by atoms with E-state index in [1.54, 1.807) is 0 Å². The molecule has 1 amide bonds. The first-order chi connectivity index (χ1) is 10.8. The number of halogens is 4. The molecule has 10 heteroatoms. The van der Waals surface area contributed by atoms with Crippen LogP contribution in [0, 0.1) is 12.7 Å². The maximum Gasteiger partial charge on any atom is 0.355 e. The zero-order valence-electron chi connectivity index (χ0n) is 11.7. The van der Waals surface area contributed by atoms with E-state index in [-0.39, 0.29) is 28.4 Å². The van der Waals surface area contributed by atoms with Crippen molar-refractivity contribution in [3.8, 4) is 5.69 Å². The Kier molecular flexibility index (Phi) is 3.78. The minimum absolute atomic E-state index is 0.159. The van der Waals surface area contributed by atoms with E-state index in [2.05, 4.69) is 26.3 Å². The van der Waals surface area contributed by atoms with Gasteiger partial charge in [0.1, 0.15) is 17.3 Å². The van der Waals surface area contributed by atoms with E-state index in [1.165, 1.54) is 13.0 Å². The first kappa shape index (κ1) is 15.8. The number of amides is 1. The van der Waals surface area contributed by atoms with Crippen LogP contribution in [-0.2, 0) is 11.2 Å². The van der Waals surface area contributed by atoms with Crippen LogP contribution in [0.15, 0.2) is 16.9 Å². The third-order valence-electron chi connectivity index (χ3n) is 3.52. The average molecular weight is 391 g/mol. The lowest BCUT2D eigenvalue weighted by Crippen LogP contribution is -2.31. The van der Waals surface area contributed by atoms with Crippen LogP contribution in [0.25, 0.3) is 5.69 Å². The van der Waals surface area contributed by atoms with E-state index in [1.807, 2.05) is 0 Å². The average Bonchev–Trinajstić information content (AvgIpc) is 2.75. The highest BCUT2D eigenvalue weighted by atomic mass is 79.9. The number of aryl methyl sites for hydroxylation is 1. The van der Waals surface area contributed by atoms with Crippen LogP contribution in [-0.4, -0.2) is 25.1 Å². The zero-order chi connectivity index (χ0) is 16.9. The number of nitrogens with one attached hydrogen (secondary N) is 1. The molecule has 0 bridgehead atoms. The van der Waals surface area contributed by atoms with Crippen molar-refractivity contribution < 1.29 is 18.0 Å². The van der Waals surface area contributed by atoms with Crippen molar-refractivity contribution in [1.82, 2.24) is 14.3 Å². The third kappa shape index (κ3) is 2.56. The highest BCUT2D eigenvalue weighted by Gasteiger charge is 2.27.